The molecule has 5 rings (SSSR count). The monoisotopic (exact) mass is 1120 g/mol. The van der Waals surface area contributed by atoms with Crippen molar-refractivity contribution in [2.45, 2.75) is 64.8 Å². The molecule has 80 heavy (non-hydrogen) atoms. The number of carboxylic acids is 3. The number of carboxylic acid groups (broad SMARTS) is 3. The van der Waals surface area contributed by atoms with E-state index in [9.17, 15) is 44.1 Å². The van der Waals surface area contributed by atoms with E-state index < -0.39 is 41.2 Å². The van der Waals surface area contributed by atoms with Crippen LogP contribution in [0.3, 0.4) is 0 Å². The highest BCUT2D eigenvalue weighted by atomic mass is 16.5. The quantitative estimate of drug-likeness (QED) is 0.0526. The van der Waals surface area contributed by atoms with Crippen LogP contribution in [0.2, 0.25) is 0 Å². The Labute approximate surface area is 470 Å². The Kier molecular flexibility index (Phi) is 24.0. The second-order valence-corrected chi connectivity index (χ2v) is 21.5. The molecule has 0 spiro atoms. The maximum atomic E-state index is 15.0. The summed E-state index contributed by atoms with van der Waals surface area (Å²) in [5.41, 5.74) is 1.80. The number of carbonyl (C=O) groups is 7. The molecule has 1 saturated heterocycles. The summed E-state index contributed by atoms with van der Waals surface area (Å²) in [7, 11) is 8.85. The van der Waals surface area contributed by atoms with E-state index in [1.165, 1.54) is 14.2 Å². The van der Waals surface area contributed by atoms with Crippen LogP contribution in [0.4, 0.5) is 0 Å². The summed E-state index contributed by atoms with van der Waals surface area (Å²) in [4.78, 5) is 103. The van der Waals surface area contributed by atoms with Gasteiger partial charge in [0.05, 0.1) is 57.3 Å². The average Bonchev–Trinajstić information content (AvgIpc) is 3.98. The zero-order valence-corrected chi connectivity index (χ0v) is 48.2. The lowest BCUT2D eigenvalue weighted by Gasteiger charge is -2.46. The van der Waals surface area contributed by atoms with E-state index in [4.69, 9.17) is 14.6 Å². The summed E-state index contributed by atoms with van der Waals surface area (Å²) < 4.78 is 13.4. The number of ether oxygens (including phenoxy) is 2. The molecule has 23 heteroatoms. The summed E-state index contributed by atoms with van der Waals surface area (Å²) in [6.45, 7) is 14.8. The summed E-state index contributed by atoms with van der Waals surface area (Å²) in [6, 6.07) is 12.4. The van der Waals surface area contributed by atoms with Crippen molar-refractivity contribution in [3.8, 4) is 28.4 Å². The Bertz CT molecular complexity index is 2610. The molecule has 4 amide bonds. The number of hydrogen-bond donors (Lipinski definition) is 6. The SMILES string of the molecule is C=C1CC(CC)CC(C)C1(NC(=O)c1cc(-c2c(OC)cccc2OC)n(-c2ccc(C(=O)N(C)CCCN(C)C)cc2C(C)C)n1)C(=O)NCCNC(=O)CN1CCN(CC(=O)O)CCN(CC(=O)O)CCN(CC(=O)O)CC1. The lowest BCUT2D eigenvalue weighted by Crippen LogP contribution is -2.65. The lowest BCUT2D eigenvalue weighted by molar-refractivity contribution is -0.140. The van der Waals surface area contributed by atoms with Crippen molar-refractivity contribution in [1.82, 2.24) is 55.1 Å². The number of methoxy groups -OCH3 is 2. The van der Waals surface area contributed by atoms with Crippen LogP contribution in [-0.2, 0) is 24.0 Å². The molecule has 2 aliphatic rings. The number of hydrogen-bond acceptors (Lipinski definition) is 15. The maximum Gasteiger partial charge on any atom is 0.317 e. The van der Waals surface area contributed by atoms with Gasteiger partial charge in [0.25, 0.3) is 11.8 Å². The van der Waals surface area contributed by atoms with E-state index in [1.54, 1.807) is 66.6 Å². The minimum absolute atomic E-state index is 0.0141. The Balaban J connectivity index is 1.40. The summed E-state index contributed by atoms with van der Waals surface area (Å²) >= 11 is 0. The van der Waals surface area contributed by atoms with Crippen molar-refractivity contribution < 1.29 is 58.4 Å². The van der Waals surface area contributed by atoms with E-state index in [-0.39, 0.29) is 121 Å². The number of carbonyl (C=O) groups excluding carboxylic acids is 4. The molecule has 23 nitrogen and oxygen atoms in total. The van der Waals surface area contributed by atoms with Crippen molar-refractivity contribution in [2.75, 3.05) is 140 Å². The van der Waals surface area contributed by atoms with Crippen LogP contribution in [0.15, 0.2) is 54.6 Å². The number of benzene rings is 2. The van der Waals surface area contributed by atoms with Crippen LogP contribution in [0.5, 0.6) is 11.5 Å². The fourth-order valence-corrected chi connectivity index (χ4v) is 10.6. The molecule has 3 atom stereocenters. The van der Waals surface area contributed by atoms with Gasteiger partial charge in [0.1, 0.15) is 17.0 Å². The van der Waals surface area contributed by atoms with E-state index >= 15 is 4.79 Å². The molecule has 0 bridgehead atoms. The normalized spacial score (nSPS) is 19.2. The van der Waals surface area contributed by atoms with Gasteiger partial charge in [-0.05, 0) is 105 Å². The zero-order valence-electron chi connectivity index (χ0n) is 48.2. The molecule has 1 aromatic heterocycles. The van der Waals surface area contributed by atoms with Gasteiger partial charge >= 0.3 is 17.9 Å². The van der Waals surface area contributed by atoms with Gasteiger partial charge in [-0.25, -0.2) is 4.68 Å². The molecule has 6 N–H and O–H groups in total. The number of rotatable bonds is 25. The second kappa shape index (κ2) is 30.1. The standard InChI is InChI=1S/C57H85N11O12/c1-11-41-30-39(4)57(40(5)31-41,56(78)59-19-18-58-49(69)34-64-22-24-65(35-50(70)71)26-28-67(37-52(74)75)29-27-66(25-23-64)36-51(72)73)60-54(76)44-33-46(53-47(79-9)14-12-15-48(53)80-10)68(61-44)45-17-16-42(32-43(45)38(2)3)55(77)63(8)21-13-20-62(6)7/h12,14-17,32-33,38,40-41H,4,11,13,18-31,34-37H2,1-3,5-10H3,(H,58,69)(H,59,78)(H,60,76)(H,70,71)(H,72,73)(H,74,75). The molecule has 3 aromatic rings. The number of amides is 4. The number of aliphatic carboxylic acids is 3. The van der Waals surface area contributed by atoms with Crippen molar-refractivity contribution in [3.63, 3.8) is 0 Å². The van der Waals surface area contributed by atoms with Gasteiger partial charge in [0.2, 0.25) is 11.8 Å². The van der Waals surface area contributed by atoms with E-state index in [1.807, 2.05) is 47.0 Å². The Morgan fingerprint density at radius 2 is 1.29 bits per heavy atom. The van der Waals surface area contributed by atoms with Crippen LogP contribution in [0.25, 0.3) is 16.9 Å². The molecular formula is C57H85N11O12. The van der Waals surface area contributed by atoms with E-state index in [0.29, 0.717) is 59.0 Å². The van der Waals surface area contributed by atoms with Gasteiger partial charge in [-0.15, -0.1) is 0 Å². The van der Waals surface area contributed by atoms with E-state index in [2.05, 4.69) is 34.4 Å². The van der Waals surface area contributed by atoms with Crippen LogP contribution >= 0.6 is 0 Å². The fraction of sp³-hybridized carbons (Fsp3) is 0.579. The predicted octanol–water partition coefficient (Wildman–Crippen LogP) is 2.89. The van der Waals surface area contributed by atoms with Crippen molar-refractivity contribution >= 4 is 41.5 Å². The van der Waals surface area contributed by atoms with Crippen LogP contribution in [-0.4, -0.2) is 242 Å². The highest BCUT2D eigenvalue weighted by molar-refractivity contribution is 6.01. The van der Waals surface area contributed by atoms with Crippen molar-refractivity contribution in [3.05, 3.63) is 71.4 Å². The minimum atomic E-state index is -1.59. The maximum absolute atomic E-state index is 15.0. The molecular weight excluding hydrogens is 1030 g/mol. The summed E-state index contributed by atoms with van der Waals surface area (Å²) in [6.07, 6.45) is 2.72. The van der Waals surface area contributed by atoms with Crippen LogP contribution in [0, 0.1) is 11.8 Å². The first kappa shape index (κ1) is 63.9. The molecule has 1 saturated carbocycles. The third-order valence-electron chi connectivity index (χ3n) is 15.1. The largest absolute Gasteiger partial charge is 0.496 e. The third kappa shape index (κ3) is 17.3. The first-order valence-electron chi connectivity index (χ1n) is 27.5. The average molecular weight is 1120 g/mol. The molecule has 2 fully saturated rings. The highest BCUT2D eigenvalue weighted by Gasteiger charge is 2.51. The number of nitrogens with one attached hydrogen (secondary N) is 3. The van der Waals surface area contributed by atoms with Gasteiger partial charge in [-0.1, -0.05) is 46.8 Å². The zero-order chi connectivity index (χ0) is 58.8. The molecule has 1 aliphatic carbocycles. The number of aromatic nitrogens is 2. The molecule has 440 valence electrons. The van der Waals surface area contributed by atoms with Crippen molar-refractivity contribution in [1.29, 1.82) is 0 Å². The summed E-state index contributed by atoms with van der Waals surface area (Å²) in [5, 5.41) is 42.7. The van der Waals surface area contributed by atoms with Gasteiger partial charge in [-0.2, -0.15) is 5.10 Å². The summed E-state index contributed by atoms with van der Waals surface area (Å²) in [5.74, 6) is -4.24. The Morgan fingerprint density at radius 1 is 0.762 bits per heavy atom. The molecule has 3 unspecified atom stereocenters. The highest BCUT2D eigenvalue weighted by Crippen LogP contribution is 2.43. The topological polar surface area (TPSA) is 272 Å². The fourth-order valence-electron chi connectivity index (χ4n) is 10.6. The Hall–Kier alpha value is -6.92. The molecule has 2 heterocycles. The number of nitrogens with zero attached hydrogens (tertiary/aromatic N) is 8. The lowest BCUT2D eigenvalue weighted by atomic mass is 9.65. The van der Waals surface area contributed by atoms with Crippen LogP contribution in [0.1, 0.15) is 85.7 Å². The first-order valence-corrected chi connectivity index (χ1v) is 27.5. The second-order valence-electron chi connectivity index (χ2n) is 21.5. The predicted molar refractivity (Wildman–Crippen MR) is 303 cm³/mol. The first-order chi connectivity index (χ1) is 38.0. The molecule has 1 aliphatic heterocycles. The molecule has 2 aromatic carbocycles. The minimum Gasteiger partial charge on any atom is -0.496 e. The van der Waals surface area contributed by atoms with Crippen LogP contribution < -0.4 is 25.4 Å². The van der Waals surface area contributed by atoms with E-state index in [0.717, 1.165) is 24.9 Å². The van der Waals surface area contributed by atoms with Gasteiger partial charge < -0.3 is 50.5 Å². The smallest absolute Gasteiger partial charge is 0.317 e. The van der Waals surface area contributed by atoms with Gasteiger partial charge in [0.15, 0.2) is 5.69 Å². The van der Waals surface area contributed by atoms with Crippen molar-refractivity contribution in [2.24, 2.45) is 11.8 Å². The van der Waals surface area contributed by atoms with Gasteiger partial charge in [-0.3, -0.25) is 53.2 Å². The third-order valence-corrected chi connectivity index (χ3v) is 15.1. The van der Waals surface area contributed by atoms with Gasteiger partial charge in [0, 0.05) is 84.6 Å². The molecule has 0 radical (unpaired) electrons. The Morgan fingerprint density at radius 3 is 1.76 bits per heavy atom.